The van der Waals surface area contributed by atoms with Gasteiger partial charge in [-0.25, -0.2) is 4.79 Å². The van der Waals surface area contributed by atoms with Crippen molar-refractivity contribution in [2.24, 2.45) is 5.92 Å². The summed E-state index contributed by atoms with van der Waals surface area (Å²) in [7, 11) is 0. The van der Waals surface area contributed by atoms with Crippen LogP contribution in [0.25, 0.3) is 10.9 Å². The van der Waals surface area contributed by atoms with E-state index < -0.39 is 17.7 Å². The van der Waals surface area contributed by atoms with Gasteiger partial charge in [-0.3, -0.25) is 14.4 Å². The Bertz CT molecular complexity index is 1380. The molecule has 41 heavy (non-hydrogen) atoms. The molecule has 1 fully saturated rings. The second-order valence-electron chi connectivity index (χ2n) is 11.5. The summed E-state index contributed by atoms with van der Waals surface area (Å²) >= 11 is 0. The van der Waals surface area contributed by atoms with Gasteiger partial charge in [0.15, 0.2) is 0 Å². The zero-order valence-corrected chi connectivity index (χ0v) is 24.1. The number of carbonyl (C=O) groups is 4. The minimum atomic E-state index is -0.791. The molecule has 4 amide bonds. The highest BCUT2D eigenvalue weighted by atomic mass is 16.6. The van der Waals surface area contributed by atoms with E-state index in [0.29, 0.717) is 38.0 Å². The van der Waals surface area contributed by atoms with Crippen LogP contribution in [-0.4, -0.2) is 65.0 Å². The number of fused-ring (bicyclic) bond motifs is 1. The molecule has 1 saturated heterocycles. The summed E-state index contributed by atoms with van der Waals surface area (Å²) in [5.41, 5.74) is 2.98. The molecule has 10 nitrogen and oxygen atoms in total. The minimum absolute atomic E-state index is 0.169. The van der Waals surface area contributed by atoms with Gasteiger partial charge in [0.05, 0.1) is 0 Å². The number of ether oxygens (including phenoxy) is 1. The van der Waals surface area contributed by atoms with Crippen LogP contribution in [-0.2, 0) is 25.5 Å². The van der Waals surface area contributed by atoms with E-state index in [0.717, 1.165) is 22.0 Å². The van der Waals surface area contributed by atoms with Gasteiger partial charge < -0.3 is 30.6 Å². The minimum Gasteiger partial charge on any atom is -0.444 e. The number of hydrogen-bond acceptors (Lipinski definition) is 5. The summed E-state index contributed by atoms with van der Waals surface area (Å²) in [5, 5.41) is 9.41. The van der Waals surface area contributed by atoms with Crippen LogP contribution in [0.5, 0.6) is 0 Å². The standard InChI is InChI=1S/C31H39N5O5/c1-20-9-11-23(12-10-20)34-29(39)26(17-22-18-32-25-8-6-5-7-24(22)25)35-28(38)21-13-15-36(16-14-21)27(37)19-33-30(40)41-31(2,3)4/h5-12,18,21,26,32H,13-17,19H2,1-4H3,(H,33,40)(H,34,39)(H,35,38)/t26-/m0/s1. The van der Waals surface area contributed by atoms with Crippen molar-refractivity contribution >= 4 is 40.4 Å². The zero-order valence-electron chi connectivity index (χ0n) is 24.1. The molecular weight excluding hydrogens is 522 g/mol. The van der Waals surface area contributed by atoms with Gasteiger partial charge in [-0.15, -0.1) is 0 Å². The van der Waals surface area contributed by atoms with Crippen molar-refractivity contribution in [1.29, 1.82) is 0 Å². The van der Waals surface area contributed by atoms with Crippen molar-refractivity contribution in [3.8, 4) is 0 Å². The lowest BCUT2D eigenvalue weighted by molar-refractivity contribution is -0.135. The van der Waals surface area contributed by atoms with Gasteiger partial charge in [0, 0.05) is 48.2 Å². The number of nitrogens with one attached hydrogen (secondary N) is 4. The Hall–Kier alpha value is -4.34. The van der Waals surface area contributed by atoms with E-state index in [-0.39, 0.29) is 30.2 Å². The number of benzene rings is 2. The van der Waals surface area contributed by atoms with Gasteiger partial charge in [0.1, 0.15) is 18.2 Å². The number of rotatable bonds is 8. The van der Waals surface area contributed by atoms with Crippen LogP contribution >= 0.6 is 0 Å². The van der Waals surface area contributed by atoms with Crippen LogP contribution < -0.4 is 16.0 Å². The molecule has 1 aliphatic heterocycles. The van der Waals surface area contributed by atoms with Gasteiger partial charge in [-0.2, -0.15) is 0 Å². The Kier molecular flexibility index (Phi) is 9.31. The number of para-hydroxylation sites is 1. The van der Waals surface area contributed by atoms with Crippen LogP contribution in [0.1, 0.15) is 44.7 Å². The first-order valence-electron chi connectivity index (χ1n) is 14.0. The maximum atomic E-state index is 13.4. The second kappa shape index (κ2) is 12.9. The Morgan fingerprint density at radius 1 is 1.02 bits per heavy atom. The Morgan fingerprint density at radius 3 is 2.39 bits per heavy atom. The average Bonchev–Trinajstić information content (AvgIpc) is 3.34. The van der Waals surface area contributed by atoms with Crippen molar-refractivity contribution in [3.63, 3.8) is 0 Å². The van der Waals surface area contributed by atoms with Crippen LogP contribution in [0, 0.1) is 12.8 Å². The van der Waals surface area contributed by atoms with E-state index in [2.05, 4.69) is 20.9 Å². The van der Waals surface area contributed by atoms with Crippen molar-refractivity contribution in [3.05, 3.63) is 65.9 Å². The summed E-state index contributed by atoms with van der Waals surface area (Å²) in [6.45, 7) is 7.83. The number of anilines is 1. The predicted octanol–water partition coefficient (Wildman–Crippen LogP) is 3.91. The average molecular weight is 562 g/mol. The van der Waals surface area contributed by atoms with E-state index in [1.807, 2.05) is 61.7 Å². The SMILES string of the molecule is Cc1ccc(NC(=O)[C@H](Cc2c[nH]c3ccccc23)NC(=O)C2CCN(C(=O)CNC(=O)OC(C)(C)C)CC2)cc1. The van der Waals surface area contributed by atoms with E-state index in [1.54, 1.807) is 25.7 Å². The summed E-state index contributed by atoms with van der Waals surface area (Å²) in [4.78, 5) is 56.1. The molecule has 2 aromatic carbocycles. The fourth-order valence-electron chi connectivity index (χ4n) is 4.85. The first kappa shape index (κ1) is 29.6. The molecule has 1 aliphatic rings. The highest BCUT2D eigenvalue weighted by molar-refractivity contribution is 5.98. The molecule has 1 aromatic heterocycles. The largest absolute Gasteiger partial charge is 0.444 e. The number of likely N-dealkylation sites (tertiary alicyclic amines) is 1. The van der Waals surface area contributed by atoms with E-state index >= 15 is 0 Å². The predicted molar refractivity (Wildman–Crippen MR) is 157 cm³/mol. The number of nitrogens with zero attached hydrogens (tertiary/aromatic N) is 1. The van der Waals surface area contributed by atoms with Crippen molar-refractivity contribution in [2.45, 2.75) is 58.6 Å². The van der Waals surface area contributed by atoms with Gasteiger partial charge in [-0.1, -0.05) is 35.9 Å². The normalized spacial score (nSPS) is 14.8. The highest BCUT2D eigenvalue weighted by Crippen LogP contribution is 2.22. The fourth-order valence-corrected chi connectivity index (χ4v) is 4.85. The first-order valence-corrected chi connectivity index (χ1v) is 14.0. The number of amides is 4. The summed E-state index contributed by atoms with van der Waals surface area (Å²) in [6.07, 6.45) is 2.47. The molecular formula is C31H39N5O5. The number of alkyl carbamates (subject to hydrolysis) is 1. The van der Waals surface area contributed by atoms with Crippen molar-refractivity contribution in [2.75, 3.05) is 25.0 Å². The number of aryl methyl sites for hydroxylation is 1. The summed E-state index contributed by atoms with van der Waals surface area (Å²) in [6, 6.07) is 14.6. The quantitative estimate of drug-likeness (QED) is 0.331. The number of hydrogen-bond donors (Lipinski definition) is 4. The molecule has 1 atom stereocenters. The Labute approximate surface area is 240 Å². The summed E-state index contributed by atoms with van der Waals surface area (Å²) < 4.78 is 5.18. The molecule has 4 N–H and O–H groups in total. The van der Waals surface area contributed by atoms with Crippen LogP contribution in [0.4, 0.5) is 10.5 Å². The van der Waals surface area contributed by atoms with Crippen LogP contribution in [0.2, 0.25) is 0 Å². The lowest BCUT2D eigenvalue weighted by Crippen LogP contribution is -2.50. The van der Waals surface area contributed by atoms with Crippen LogP contribution in [0.3, 0.4) is 0 Å². The number of piperidine rings is 1. The van der Waals surface area contributed by atoms with E-state index in [9.17, 15) is 19.2 Å². The molecule has 4 rings (SSSR count). The molecule has 10 heteroatoms. The third-order valence-electron chi connectivity index (χ3n) is 7.05. The number of carbonyl (C=O) groups excluding carboxylic acids is 4. The molecule has 0 spiro atoms. The number of aromatic nitrogens is 1. The number of H-pyrrole nitrogens is 1. The Balaban J connectivity index is 1.36. The molecule has 0 radical (unpaired) electrons. The maximum absolute atomic E-state index is 13.4. The molecule has 0 unspecified atom stereocenters. The second-order valence-corrected chi connectivity index (χ2v) is 11.5. The lowest BCUT2D eigenvalue weighted by Gasteiger charge is -2.32. The molecule has 0 aliphatic carbocycles. The molecule has 2 heterocycles. The van der Waals surface area contributed by atoms with E-state index in [1.165, 1.54) is 0 Å². The van der Waals surface area contributed by atoms with Crippen molar-refractivity contribution < 1.29 is 23.9 Å². The van der Waals surface area contributed by atoms with Crippen molar-refractivity contribution in [1.82, 2.24) is 20.5 Å². The molecule has 218 valence electrons. The zero-order chi connectivity index (χ0) is 29.6. The third-order valence-corrected chi connectivity index (χ3v) is 7.05. The number of aromatic amines is 1. The van der Waals surface area contributed by atoms with Gasteiger partial charge in [0.2, 0.25) is 17.7 Å². The van der Waals surface area contributed by atoms with Crippen LogP contribution in [0.15, 0.2) is 54.7 Å². The van der Waals surface area contributed by atoms with E-state index in [4.69, 9.17) is 4.74 Å². The smallest absolute Gasteiger partial charge is 0.408 e. The third kappa shape index (κ3) is 8.33. The fraction of sp³-hybridized carbons (Fsp3) is 0.419. The first-order chi connectivity index (χ1) is 19.5. The maximum Gasteiger partial charge on any atom is 0.408 e. The van der Waals surface area contributed by atoms with Gasteiger partial charge in [-0.05, 0) is 64.3 Å². The monoisotopic (exact) mass is 561 g/mol. The van der Waals surface area contributed by atoms with Gasteiger partial charge in [0.25, 0.3) is 0 Å². The molecule has 3 aromatic rings. The lowest BCUT2D eigenvalue weighted by atomic mass is 9.94. The molecule has 0 bridgehead atoms. The highest BCUT2D eigenvalue weighted by Gasteiger charge is 2.31. The van der Waals surface area contributed by atoms with Gasteiger partial charge >= 0.3 is 6.09 Å². The topological polar surface area (TPSA) is 133 Å². The molecule has 0 saturated carbocycles. The Morgan fingerprint density at radius 2 is 1.71 bits per heavy atom. The summed E-state index contributed by atoms with van der Waals surface area (Å²) in [5.74, 6) is -1.08.